The molecular weight excluding hydrogens is 306 g/mol. The number of amides is 1. The lowest BCUT2D eigenvalue weighted by atomic mass is 9.72. The summed E-state index contributed by atoms with van der Waals surface area (Å²) in [6.07, 6.45) is 3.89. The quantitative estimate of drug-likeness (QED) is 0.811. The van der Waals surface area contributed by atoms with Crippen LogP contribution in [0.5, 0.6) is 0 Å². The van der Waals surface area contributed by atoms with Crippen molar-refractivity contribution < 1.29 is 19.1 Å². The van der Waals surface area contributed by atoms with E-state index in [9.17, 15) is 9.59 Å². The van der Waals surface area contributed by atoms with Crippen molar-refractivity contribution in [2.75, 3.05) is 19.8 Å². The SMILES string of the molecule is CCOC(=O)C(c1ccc(C2(C(N)=O)CCOC2)cc1)C1CCC1. The van der Waals surface area contributed by atoms with E-state index in [4.69, 9.17) is 15.2 Å². The third-order valence-electron chi connectivity index (χ3n) is 5.48. The molecule has 0 bridgehead atoms. The average molecular weight is 331 g/mol. The average Bonchev–Trinajstić information content (AvgIpc) is 3.02. The van der Waals surface area contributed by atoms with Gasteiger partial charge >= 0.3 is 5.97 Å². The summed E-state index contributed by atoms with van der Waals surface area (Å²) in [5.41, 5.74) is 6.72. The van der Waals surface area contributed by atoms with Gasteiger partial charge in [-0.25, -0.2) is 0 Å². The summed E-state index contributed by atoms with van der Waals surface area (Å²) in [6, 6.07) is 7.72. The predicted octanol–water partition coefficient (Wildman–Crippen LogP) is 2.28. The number of hydrogen-bond donors (Lipinski definition) is 1. The minimum atomic E-state index is -0.742. The standard InChI is InChI=1S/C19H25NO4/c1-2-24-17(21)16(13-4-3-5-13)14-6-8-15(9-7-14)19(18(20)22)10-11-23-12-19/h6-9,13,16H,2-5,10-12H2,1H3,(H2,20,22). The fraction of sp³-hybridized carbons (Fsp3) is 0.579. The summed E-state index contributed by atoms with van der Waals surface area (Å²) in [4.78, 5) is 24.3. The van der Waals surface area contributed by atoms with E-state index in [-0.39, 0.29) is 17.8 Å². The molecule has 0 aromatic heterocycles. The Morgan fingerprint density at radius 3 is 2.50 bits per heavy atom. The molecule has 2 unspecified atom stereocenters. The van der Waals surface area contributed by atoms with Gasteiger partial charge in [-0.05, 0) is 43.2 Å². The Bertz CT molecular complexity index is 600. The Morgan fingerprint density at radius 1 is 1.33 bits per heavy atom. The minimum absolute atomic E-state index is 0.149. The number of benzene rings is 1. The zero-order chi connectivity index (χ0) is 17.2. The van der Waals surface area contributed by atoms with Gasteiger partial charge in [0.15, 0.2) is 0 Å². The van der Waals surface area contributed by atoms with Crippen LogP contribution in [-0.2, 0) is 24.5 Å². The lowest BCUT2D eigenvalue weighted by molar-refractivity contribution is -0.147. The number of primary amides is 1. The Morgan fingerprint density at radius 2 is 2.04 bits per heavy atom. The molecule has 1 heterocycles. The molecule has 5 heteroatoms. The zero-order valence-corrected chi connectivity index (χ0v) is 14.1. The van der Waals surface area contributed by atoms with Crippen molar-refractivity contribution in [1.82, 2.24) is 0 Å². The molecule has 3 rings (SSSR count). The van der Waals surface area contributed by atoms with Gasteiger partial charge in [0.1, 0.15) is 0 Å². The number of carbonyl (C=O) groups excluding carboxylic acids is 2. The van der Waals surface area contributed by atoms with Crippen molar-refractivity contribution >= 4 is 11.9 Å². The summed E-state index contributed by atoms with van der Waals surface area (Å²) in [5, 5.41) is 0. The highest BCUT2D eigenvalue weighted by Gasteiger charge is 2.43. The normalized spacial score (nSPS) is 25.0. The molecule has 1 aromatic carbocycles. The number of hydrogen-bond acceptors (Lipinski definition) is 4. The largest absolute Gasteiger partial charge is 0.466 e. The first-order chi connectivity index (χ1) is 11.6. The van der Waals surface area contributed by atoms with Gasteiger partial charge in [0.05, 0.1) is 24.5 Å². The van der Waals surface area contributed by atoms with Crippen LogP contribution < -0.4 is 5.73 Å². The van der Waals surface area contributed by atoms with E-state index in [1.807, 2.05) is 31.2 Å². The molecule has 1 amide bonds. The number of rotatable bonds is 6. The second-order valence-corrected chi connectivity index (χ2v) is 6.79. The van der Waals surface area contributed by atoms with Crippen LogP contribution in [0.15, 0.2) is 24.3 Å². The topological polar surface area (TPSA) is 78.6 Å². The highest BCUT2D eigenvalue weighted by atomic mass is 16.5. The number of carbonyl (C=O) groups is 2. The molecule has 1 saturated carbocycles. The smallest absolute Gasteiger partial charge is 0.313 e. The van der Waals surface area contributed by atoms with Crippen molar-refractivity contribution in [3.8, 4) is 0 Å². The van der Waals surface area contributed by atoms with Gasteiger partial charge in [0.2, 0.25) is 5.91 Å². The van der Waals surface area contributed by atoms with E-state index in [0.717, 1.165) is 24.0 Å². The first-order valence-corrected chi connectivity index (χ1v) is 8.73. The molecule has 1 saturated heterocycles. The Balaban J connectivity index is 1.86. The maximum absolute atomic E-state index is 12.4. The fourth-order valence-corrected chi connectivity index (χ4v) is 3.74. The molecule has 2 aliphatic rings. The molecule has 2 atom stereocenters. The van der Waals surface area contributed by atoms with Crippen LogP contribution in [0.1, 0.15) is 49.7 Å². The van der Waals surface area contributed by atoms with Crippen molar-refractivity contribution in [2.45, 2.75) is 43.9 Å². The Kier molecular flexibility index (Phi) is 4.90. The molecule has 0 spiro atoms. The van der Waals surface area contributed by atoms with Gasteiger partial charge in [-0.3, -0.25) is 9.59 Å². The summed E-state index contributed by atoms with van der Waals surface area (Å²) >= 11 is 0. The van der Waals surface area contributed by atoms with Gasteiger partial charge in [0.25, 0.3) is 0 Å². The van der Waals surface area contributed by atoms with Crippen LogP contribution in [0.3, 0.4) is 0 Å². The van der Waals surface area contributed by atoms with E-state index in [2.05, 4.69) is 0 Å². The second kappa shape index (κ2) is 6.93. The monoisotopic (exact) mass is 331 g/mol. The van der Waals surface area contributed by atoms with Crippen molar-refractivity contribution in [3.63, 3.8) is 0 Å². The third-order valence-corrected chi connectivity index (χ3v) is 5.48. The molecule has 130 valence electrons. The summed E-state index contributed by atoms with van der Waals surface area (Å²) in [5.74, 6) is -0.357. The lowest BCUT2D eigenvalue weighted by Gasteiger charge is -2.33. The molecule has 24 heavy (non-hydrogen) atoms. The minimum Gasteiger partial charge on any atom is -0.466 e. The second-order valence-electron chi connectivity index (χ2n) is 6.79. The van der Waals surface area contributed by atoms with Gasteiger partial charge in [-0.15, -0.1) is 0 Å². The van der Waals surface area contributed by atoms with Crippen LogP contribution in [0.2, 0.25) is 0 Å². The molecular formula is C19H25NO4. The van der Waals surface area contributed by atoms with Crippen molar-refractivity contribution in [2.24, 2.45) is 11.7 Å². The van der Waals surface area contributed by atoms with Crippen LogP contribution in [0, 0.1) is 5.92 Å². The van der Waals surface area contributed by atoms with E-state index in [0.29, 0.717) is 32.2 Å². The van der Waals surface area contributed by atoms with E-state index < -0.39 is 5.41 Å². The van der Waals surface area contributed by atoms with Crippen LogP contribution in [0.4, 0.5) is 0 Å². The first kappa shape index (κ1) is 17.0. The van der Waals surface area contributed by atoms with E-state index >= 15 is 0 Å². The molecule has 0 radical (unpaired) electrons. The summed E-state index contributed by atoms with van der Waals surface area (Å²) in [6.45, 7) is 3.08. The highest BCUT2D eigenvalue weighted by Crippen LogP contribution is 2.41. The van der Waals surface area contributed by atoms with Gasteiger partial charge in [0, 0.05) is 6.61 Å². The van der Waals surface area contributed by atoms with Crippen LogP contribution in [0.25, 0.3) is 0 Å². The Hall–Kier alpha value is -1.88. The van der Waals surface area contributed by atoms with Crippen LogP contribution >= 0.6 is 0 Å². The molecule has 1 aliphatic heterocycles. The number of ether oxygens (including phenoxy) is 2. The maximum atomic E-state index is 12.4. The molecule has 2 fully saturated rings. The summed E-state index contributed by atoms with van der Waals surface area (Å²) in [7, 11) is 0. The maximum Gasteiger partial charge on any atom is 0.313 e. The fourth-order valence-electron chi connectivity index (χ4n) is 3.74. The van der Waals surface area contributed by atoms with E-state index in [1.54, 1.807) is 0 Å². The van der Waals surface area contributed by atoms with Gasteiger partial charge in [-0.1, -0.05) is 30.7 Å². The zero-order valence-electron chi connectivity index (χ0n) is 14.1. The van der Waals surface area contributed by atoms with Crippen molar-refractivity contribution in [3.05, 3.63) is 35.4 Å². The Labute approximate surface area is 142 Å². The number of nitrogens with two attached hydrogens (primary N) is 1. The molecule has 1 aliphatic carbocycles. The molecule has 5 nitrogen and oxygen atoms in total. The summed E-state index contributed by atoms with van der Waals surface area (Å²) < 4.78 is 10.7. The number of esters is 1. The third kappa shape index (κ3) is 2.93. The lowest BCUT2D eigenvalue weighted by Crippen LogP contribution is -2.41. The van der Waals surface area contributed by atoms with Crippen molar-refractivity contribution in [1.29, 1.82) is 0 Å². The van der Waals surface area contributed by atoms with Gasteiger partial charge < -0.3 is 15.2 Å². The molecule has 2 N–H and O–H groups in total. The van der Waals surface area contributed by atoms with Crippen LogP contribution in [-0.4, -0.2) is 31.7 Å². The van der Waals surface area contributed by atoms with E-state index in [1.165, 1.54) is 6.42 Å². The highest BCUT2D eigenvalue weighted by molar-refractivity contribution is 5.87. The van der Waals surface area contributed by atoms with Gasteiger partial charge in [-0.2, -0.15) is 0 Å². The molecule has 1 aromatic rings. The predicted molar refractivity (Wildman–Crippen MR) is 89.5 cm³/mol. The first-order valence-electron chi connectivity index (χ1n) is 8.73.